The molecular weight excluding hydrogens is 664 g/mol. The molecule has 5 atom stereocenters. The Hall–Kier alpha value is -4.66. The number of para-hydroxylation sites is 2. The standard InChI is InChI=1S/C36H39FN4O8Si/c1-22-34(50(2,3)37)31(18-32(43)38-16-6-7-26(38)20-42)49-36(22)27-17-25(41(46)47)14-15-28(27)39(35(36)45)19-23-10-12-24(13-11-23)40-29-8-4-5-9-30(29)48-21-33(40)44/h4-5,8-15,17,22,26,31,34,42H,6-7,16,18-21H2,1-3H3/t22-,26-,31+,34-,36+/m0/s1. The Bertz CT molecular complexity index is 1870. The molecule has 4 aliphatic heterocycles. The number of aliphatic hydroxyl groups excluding tert-OH is 1. The second kappa shape index (κ2) is 12.6. The second-order valence-corrected chi connectivity index (χ2v) is 17.8. The molecule has 14 heteroatoms. The predicted molar refractivity (Wildman–Crippen MR) is 184 cm³/mol. The maximum Gasteiger partial charge on any atom is 0.269 e. The highest BCUT2D eigenvalue weighted by Crippen LogP contribution is 2.61. The van der Waals surface area contributed by atoms with Crippen LogP contribution in [0.5, 0.6) is 5.75 Å². The van der Waals surface area contributed by atoms with Crippen LogP contribution in [-0.4, -0.2) is 73.0 Å². The Balaban J connectivity index is 1.23. The number of carbonyl (C=O) groups is 3. The van der Waals surface area contributed by atoms with Gasteiger partial charge in [0, 0.05) is 41.4 Å². The quantitative estimate of drug-likeness (QED) is 0.143. The lowest BCUT2D eigenvalue weighted by Gasteiger charge is -2.31. The molecule has 7 rings (SSSR count). The van der Waals surface area contributed by atoms with Crippen molar-refractivity contribution >= 4 is 48.9 Å². The van der Waals surface area contributed by atoms with Crippen LogP contribution in [0.4, 0.5) is 26.9 Å². The lowest BCUT2D eigenvalue weighted by atomic mass is 9.82. The van der Waals surface area contributed by atoms with E-state index >= 15 is 4.11 Å². The molecule has 262 valence electrons. The number of benzene rings is 3. The van der Waals surface area contributed by atoms with E-state index in [1.165, 1.54) is 36.2 Å². The van der Waals surface area contributed by atoms with Gasteiger partial charge in [0.15, 0.2) is 12.2 Å². The minimum Gasteiger partial charge on any atom is -0.482 e. The lowest BCUT2D eigenvalue weighted by molar-refractivity contribution is -0.385. The molecule has 2 saturated heterocycles. The van der Waals surface area contributed by atoms with Gasteiger partial charge in [0.1, 0.15) is 5.75 Å². The van der Waals surface area contributed by atoms with Gasteiger partial charge in [0.2, 0.25) is 14.3 Å². The molecule has 0 aliphatic carbocycles. The van der Waals surface area contributed by atoms with Crippen LogP contribution in [0.15, 0.2) is 66.7 Å². The highest BCUT2D eigenvalue weighted by Gasteiger charge is 2.67. The average molecular weight is 703 g/mol. The first-order valence-electron chi connectivity index (χ1n) is 16.9. The number of nitro groups is 1. The van der Waals surface area contributed by atoms with E-state index in [9.17, 15) is 29.6 Å². The monoisotopic (exact) mass is 702 g/mol. The number of aliphatic hydroxyl groups is 1. The first-order chi connectivity index (χ1) is 23.8. The third kappa shape index (κ3) is 5.45. The number of non-ortho nitro benzene ring substituents is 1. The van der Waals surface area contributed by atoms with Gasteiger partial charge in [-0.3, -0.25) is 29.4 Å². The maximum absolute atomic E-state index is 16.3. The number of carbonyl (C=O) groups excluding carboxylic acids is 3. The predicted octanol–water partition coefficient (Wildman–Crippen LogP) is 5.35. The summed E-state index contributed by atoms with van der Waals surface area (Å²) in [5, 5.41) is 21.8. The minimum absolute atomic E-state index is 0.0755. The van der Waals surface area contributed by atoms with E-state index in [0.717, 1.165) is 12.0 Å². The van der Waals surface area contributed by atoms with Gasteiger partial charge >= 0.3 is 0 Å². The molecule has 4 heterocycles. The number of hydrogen-bond donors (Lipinski definition) is 1. The molecule has 0 bridgehead atoms. The summed E-state index contributed by atoms with van der Waals surface area (Å²) < 4.78 is 28.5. The van der Waals surface area contributed by atoms with Crippen LogP contribution >= 0.6 is 0 Å². The van der Waals surface area contributed by atoms with Crippen molar-refractivity contribution in [3.63, 3.8) is 0 Å². The van der Waals surface area contributed by atoms with Gasteiger partial charge in [-0.1, -0.05) is 31.2 Å². The highest BCUT2D eigenvalue weighted by atomic mass is 28.4. The normalized spacial score (nSPS) is 26.0. The lowest BCUT2D eigenvalue weighted by Crippen LogP contribution is -2.45. The molecule has 4 aliphatic rings. The number of ether oxygens (including phenoxy) is 2. The van der Waals surface area contributed by atoms with Gasteiger partial charge in [-0.05, 0) is 61.8 Å². The van der Waals surface area contributed by atoms with Crippen LogP contribution in [0.2, 0.25) is 18.6 Å². The largest absolute Gasteiger partial charge is 0.482 e. The Labute approximate surface area is 289 Å². The Morgan fingerprint density at radius 2 is 1.84 bits per heavy atom. The number of rotatable bonds is 8. The van der Waals surface area contributed by atoms with Crippen molar-refractivity contribution in [2.45, 2.75) is 69.1 Å². The second-order valence-electron chi connectivity index (χ2n) is 14.0. The summed E-state index contributed by atoms with van der Waals surface area (Å²) in [6.45, 7) is 5.09. The van der Waals surface area contributed by atoms with Gasteiger partial charge in [0.25, 0.3) is 17.5 Å². The Morgan fingerprint density at radius 3 is 2.54 bits per heavy atom. The van der Waals surface area contributed by atoms with Gasteiger partial charge in [-0.2, -0.15) is 0 Å². The van der Waals surface area contributed by atoms with E-state index in [1.807, 2.05) is 12.1 Å². The SMILES string of the molecule is C[C@H]1[C@H]([Si](C)(C)F)[C@@H](CC(=O)N2CCC[C@H]2CO)O[C@]12C(=O)N(Cc1ccc(N3C(=O)COc4ccccc43)cc1)c1ccc([N+](=O)[O-])cc12. The molecule has 3 amide bonds. The minimum atomic E-state index is -3.60. The van der Waals surface area contributed by atoms with E-state index in [4.69, 9.17) is 9.47 Å². The van der Waals surface area contributed by atoms with Crippen LogP contribution in [0.25, 0.3) is 0 Å². The van der Waals surface area contributed by atoms with E-state index < -0.39 is 42.4 Å². The Kier molecular flexibility index (Phi) is 8.51. The zero-order valence-electron chi connectivity index (χ0n) is 28.1. The van der Waals surface area contributed by atoms with Crippen LogP contribution in [0.3, 0.4) is 0 Å². The molecule has 0 unspecified atom stereocenters. The molecule has 0 saturated carbocycles. The van der Waals surface area contributed by atoms with Gasteiger partial charge in [0.05, 0.1) is 48.0 Å². The van der Waals surface area contributed by atoms with Crippen molar-refractivity contribution in [3.8, 4) is 5.75 Å². The number of fused-ring (bicyclic) bond motifs is 3. The summed E-state index contributed by atoms with van der Waals surface area (Å²) in [5.41, 5.74) is -0.102. The van der Waals surface area contributed by atoms with E-state index in [-0.39, 0.29) is 55.3 Å². The number of likely N-dealkylation sites (tertiary alicyclic amines) is 1. The number of nitro benzene ring substituents is 1. The van der Waals surface area contributed by atoms with Crippen molar-refractivity contribution in [1.29, 1.82) is 0 Å². The summed E-state index contributed by atoms with van der Waals surface area (Å²) in [6.07, 6.45) is 0.295. The van der Waals surface area contributed by atoms with Crippen molar-refractivity contribution in [1.82, 2.24) is 4.90 Å². The molecule has 50 heavy (non-hydrogen) atoms. The highest BCUT2D eigenvalue weighted by molar-refractivity contribution is 6.72. The van der Waals surface area contributed by atoms with Crippen molar-refractivity contribution in [2.24, 2.45) is 5.92 Å². The molecule has 12 nitrogen and oxygen atoms in total. The molecule has 0 aromatic heterocycles. The summed E-state index contributed by atoms with van der Waals surface area (Å²) in [7, 11) is -3.60. The molecule has 0 radical (unpaired) electrons. The summed E-state index contributed by atoms with van der Waals surface area (Å²) >= 11 is 0. The van der Waals surface area contributed by atoms with E-state index in [2.05, 4.69) is 0 Å². The first-order valence-corrected chi connectivity index (χ1v) is 19.8. The van der Waals surface area contributed by atoms with Gasteiger partial charge in [-0.15, -0.1) is 0 Å². The average Bonchev–Trinajstić information content (AvgIpc) is 3.75. The molecule has 1 spiro atoms. The fourth-order valence-corrected chi connectivity index (χ4v) is 11.0. The summed E-state index contributed by atoms with van der Waals surface area (Å²) in [4.78, 5) is 57.3. The maximum atomic E-state index is 16.3. The van der Waals surface area contributed by atoms with Crippen LogP contribution < -0.4 is 14.5 Å². The zero-order chi connectivity index (χ0) is 35.5. The number of hydrogen-bond acceptors (Lipinski definition) is 8. The van der Waals surface area contributed by atoms with Crippen molar-refractivity contribution in [3.05, 3.63) is 88.0 Å². The smallest absolute Gasteiger partial charge is 0.269 e. The number of nitrogens with zero attached hydrogens (tertiary/aromatic N) is 4. The number of amides is 3. The van der Waals surface area contributed by atoms with Crippen molar-refractivity contribution < 1.29 is 38.0 Å². The molecule has 3 aromatic carbocycles. The fourth-order valence-electron chi connectivity index (χ4n) is 8.47. The van der Waals surface area contributed by atoms with E-state index in [1.54, 1.807) is 53.1 Å². The van der Waals surface area contributed by atoms with Crippen LogP contribution in [-0.2, 0) is 31.3 Å². The fraction of sp³-hybridized carbons (Fsp3) is 0.417. The summed E-state index contributed by atoms with van der Waals surface area (Å²) in [6, 6.07) is 18.3. The molecule has 3 aromatic rings. The topological polar surface area (TPSA) is 143 Å². The van der Waals surface area contributed by atoms with Crippen LogP contribution in [0.1, 0.15) is 37.3 Å². The van der Waals surface area contributed by atoms with Crippen molar-refractivity contribution in [2.75, 3.05) is 29.6 Å². The summed E-state index contributed by atoms with van der Waals surface area (Å²) in [5.74, 6) is -1.13. The Morgan fingerprint density at radius 1 is 1.10 bits per heavy atom. The van der Waals surface area contributed by atoms with E-state index in [0.29, 0.717) is 35.8 Å². The third-order valence-electron chi connectivity index (χ3n) is 10.7. The zero-order valence-corrected chi connectivity index (χ0v) is 29.1. The van der Waals surface area contributed by atoms with Gasteiger partial charge < -0.3 is 28.5 Å². The molecular formula is C36H39FN4O8Si. The van der Waals surface area contributed by atoms with Crippen LogP contribution in [0, 0.1) is 16.0 Å². The number of anilines is 3. The molecule has 1 N–H and O–H groups in total. The van der Waals surface area contributed by atoms with Gasteiger partial charge in [-0.25, -0.2) is 0 Å². The first kappa shape index (κ1) is 33.8. The number of halogens is 1. The molecule has 2 fully saturated rings. The third-order valence-corrected chi connectivity index (χ3v) is 13.1.